The molecule has 0 aliphatic heterocycles. The van der Waals surface area contributed by atoms with Gasteiger partial charge in [0.1, 0.15) is 0 Å². The Morgan fingerprint density at radius 2 is 0.917 bits per heavy atom. The van der Waals surface area contributed by atoms with E-state index < -0.39 is 0 Å². The molecule has 0 spiro atoms. The fourth-order valence-corrected chi connectivity index (χ4v) is 3.40. The smallest absolute Gasteiger partial charge is 0.00990 e. The Labute approximate surface area is 74.4 Å². The number of allylic oxidation sites excluding steroid dienone is 4. The van der Waals surface area contributed by atoms with Gasteiger partial charge in [-0.25, -0.2) is 0 Å². The van der Waals surface area contributed by atoms with Crippen LogP contribution in [0.2, 0.25) is 0 Å². The highest BCUT2D eigenvalue weighted by Crippen LogP contribution is 2.55. The van der Waals surface area contributed by atoms with Crippen LogP contribution in [0.25, 0.3) is 0 Å². The van der Waals surface area contributed by atoms with Gasteiger partial charge in [0.25, 0.3) is 0 Å². The molecule has 2 bridgehead atoms. The van der Waals surface area contributed by atoms with Crippen molar-refractivity contribution in [3.8, 4) is 0 Å². The maximum absolute atomic E-state index is 2.47. The van der Waals surface area contributed by atoms with E-state index in [4.69, 9.17) is 0 Å². The van der Waals surface area contributed by atoms with E-state index in [1.54, 1.807) is 0 Å². The maximum Gasteiger partial charge on any atom is -0.00990 e. The van der Waals surface area contributed by atoms with Crippen molar-refractivity contribution in [3.63, 3.8) is 0 Å². The average Bonchev–Trinajstić information content (AvgIpc) is 2.00. The molecular formula is C12H16. The molecule has 0 aromatic carbocycles. The van der Waals surface area contributed by atoms with E-state index in [9.17, 15) is 0 Å². The van der Waals surface area contributed by atoms with Crippen LogP contribution in [0.1, 0.15) is 13.8 Å². The Hall–Kier alpha value is -0.520. The van der Waals surface area contributed by atoms with Gasteiger partial charge in [-0.2, -0.15) is 0 Å². The van der Waals surface area contributed by atoms with Crippen molar-refractivity contribution >= 4 is 0 Å². The quantitative estimate of drug-likeness (QED) is 0.478. The first-order valence-corrected chi connectivity index (χ1v) is 5.15. The standard InChI is InChI=1S/C12H16/c1-7-8(2)10-4-3-9(7)11-5-6-12(10)11/h3-12H,1-2H3/t7-,8+,9-,10-,11-,12-/m1/s1. The van der Waals surface area contributed by atoms with Crippen molar-refractivity contribution in [3.05, 3.63) is 24.3 Å². The van der Waals surface area contributed by atoms with E-state index >= 15 is 0 Å². The second-order valence-electron chi connectivity index (χ2n) is 4.80. The summed E-state index contributed by atoms with van der Waals surface area (Å²) in [5.41, 5.74) is 0. The van der Waals surface area contributed by atoms with Gasteiger partial charge in [0.05, 0.1) is 0 Å². The molecule has 0 unspecified atom stereocenters. The Morgan fingerprint density at radius 1 is 0.583 bits per heavy atom. The Kier molecular flexibility index (Phi) is 1.18. The number of rotatable bonds is 0. The maximum atomic E-state index is 2.47. The van der Waals surface area contributed by atoms with Gasteiger partial charge in [-0.05, 0) is 35.5 Å². The minimum Gasteiger partial charge on any atom is -0.0842 e. The van der Waals surface area contributed by atoms with Crippen LogP contribution in [0.15, 0.2) is 24.3 Å². The Morgan fingerprint density at radius 3 is 1.25 bits per heavy atom. The highest BCUT2D eigenvalue weighted by atomic mass is 14.5. The van der Waals surface area contributed by atoms with Gasteiger partial charge in [0.2, 0.25) is 0 Å². The molecule has 64 valence electrons. The van der Waals surface area contributed by atoms with E-state index in [1.807, 2.05) is 0 Å². The van der Waals surface area contributed by atoms with Crippen molar-refractivity contribution in [2.45, 2.75) is 13.8 Å². The summed E-state index contributed by atoms with van der Waals surface area (Å²) in [6.45, 7) is 4.85. The fourth-order valence-electron chi connectivity index (χ4n) is 3.40. The normalized spacial score (nSPS) is 59.8. The molecule has 4 rings (SSSR count). The summed E-state index contributed by atoms with van der Waals surface area (Å²) in [5.74, 6) is 5.36. The lowest BCUT2D eigenvalue weighted by Gasteiger charge is -2.54. The molecule has 0 heterocycles. The molecule has 0 heteroatoms. The molecule has 6 atom stereocenters. The second-order valence-corrected chi connectivity index (χ2v) is 4.80. The van der Waals surface area contributed by atoms with Crippen LogP contribution in [0.4, 0.5) is 0 Å². The third-order valence-electron chi connectivity index (χ3n) is 4.49. The van der Waals surface area contributed by atoms with E-state index in [0.29, 0.717) is 0 Å². The SMILES string of the molecule is C[C@@H]1[C@H](C)[C@H]2C=C[C@H]1[C@H]1C=C[C@@H]12. The zero-order chi connectivity index (χ0) is 8.29. The van der Waals surface area contributed by atoms with Crippen LogP contribution >= 0.6 is 0 Å². The lowest BCUT2D eigenvalue weighted by atomic mass is 9.50. The van der Waals surface area contributed by atoms with Gasteiger partial charge in [-0.3, -0.25) is 0 Å². The Bertz CT molecular complexity index is 235. The third kappa shape index (κ3) is 0.608. The van der Waals surface area contributed by atoms with Crippen LogP contribution in [-0.2, 0) is 0 Å². The summed E-state index contributed by atoms with van der Waals surface area (Å²) in [5, 5.41) is 0. The molecule has 12 heavy (non-hydrogen) atoms. The zero-order valence-electron chi connectivity index (χ0n) is 7.77. The molecule has 0 amide bonds. The third-order valence-corrected chi connectivity index (χ3v) is 4.49. The molecule has 0 saturated heterocycles. The van der Waals surface area contributed by atoms with Gasteiger partial charge in [-0.1, -0.05) is 38.2 Å². The minimum absolute atomic E-state index is 0.861. The van der Waals surface area contributed by atoms with Crippen molar-refractivity contribution in [1.29, 1.82) is 0 Å². The van der Waals surface area contributed by atoms with Gasteiger partial charge in [0, 0.05) is 0 Å². The first-order valence-electron chi connectivity index (χ1n) is 5.15. The number of hydrogen-bond acceptors (Lipinski definition) is 0. The van der Waals surface area contributed by atoms with E-state index in [2.05, 4.69) is 38.2 Å². The number of hydrogen-bond donors (Lipinski definition) is 0. The van der Waals surface area contributed by atoms with Crippen molar-refractivity contribution in [1.82, 2.24) is 0 Å². The van der Waals surface area contributed by atoms with Crippen LogP contribution in [0.3, 0.4) is 0 Å². The topological polar surface area (TPSA) is 0 Å². The molecule has 4 aliphatic carbocycles. The van der Waals surface area contributed by atoms with E-state index in [1.165, 1.54) is 0 Å². The van der Waals surface area contributed by atoms with Gasteiger partial charge >= 0.3 is 0 Å². The average molecular weight is 160 g/mol. The molecular weight excluding hydrogens is 144 g/mol. The monoisotopic (exact) mass is 160 g/mol. The first kappa shape index (κ1) is 6.94. The molecule has 0 aromatic rings. The zero-order valence-corrected chi connectivity index (χ0v) is 7.77. The molecule has 1 fully saturated rings. The van der Waals surface area contributed by atoms with E-state index in [-0.39, 0.29) is 0 Å². The van der Waals surface area contributed by atoms with Crippen LogP contribution < -0.4 is 0 Å². The van der Waals surface area contributed by atoms with Crippen LogP contribution in [-0.4, -0.2) is 0 Å². The van der Waals surface area contributed by atoms with Crippen molar-refractivity contribution < 1.29 is 0 Å². The largest absolute Gasteiger partial charge is 0.0842 e. The number of fused-ring (bicyclic) bond motifs is 1. The summed E-state index contributed by atoms with van der Waals surface area (Å²) in [4.78, 5) is 0. The van der Waals surface area contributed by atoms with Gasteiger partial charge in [0.15, 0.2) is 0 Å². The van der Waals surface area contributed by atoms with Gasteiger partial charge in [-0.15, -0.1) is 0 Å². The van der Waals surface area contributed by atoms with Crippen LogP contribution in [0.5, 0.6) is 0 Å². The summed E-state index contributed by atoms with van der Waals surface area (Å²) in [7, 11) is 0. The lowest BCUT2D eigenvalue weighted by Crippen LogP contribution is -2.48. The molecule has 0 N–H and O–H groups in total. The molecule has 0 radical (unpaired) electrons. The highest BCUT2D eigenvalue weighted by Gasteiger charge is 2.48. The summed E-state index contributed by atoms with van der Waals surface area (Å²) >= 11 is 0. The minimum atomic E-state index is 0.861. The Balaban J connectivity index is 2.04. The molecule has 0 aromatic heterocycles. The predicted octanol–water partition coefficient (Wildman–Crippen LogP) is 2.88. The lowest BCUT2D eigenvalue weighted by molar-refractivity contribution is 0.0557. The molecule has 0 nitrogen and oxygen atoms in total. The fraction of sp³-hybridized carbons (Fsp3) is 0.667. The second kappa shape index (κ2) is 2.04. The highest BCUT2D eigenvalue weighted by molar-refractivity contribution is 5.26. The molecule has 4 aliphatic rings. The first-order chi connectivity index (χ1) is 5.79. The van der Waals surface area contributed by atoms with Crippen LogP contribution in [0, 0.1) is 35.5 Å². The van der Waals surface area contributed by atoms with Gasteiger partial charge < -0.3 is 0 Å². The summed E-state index contributed by atoms with van der Waals surface area (Å²) in [6, 6.07) is 0. The predicted molar refractivity (Wildman–Crippen MR) is 50.6 cm³/mol. The summed E-state index contributed by atoms with van der Waals surface area (Å²) in [6.07, 6.45) is 9.79. The van der Waals surface area contributed by atoms with Crippen molar-refractivity contribution in [2.24, 2.45) is 35.5 Å². The van der Waals surface area contributed by atoms with Crippen molar-refractivity contribution in [2.75, 3.05) is 0 Å². The van der Waals surface area contributed by atoms with E-state index in [0.717, 1.165) is 35.5 Å². The summed E-state index contributed by atoms with van der Waals surface area (Å²) < 4.78 is 0. The molecule has 1 saturated carbocycles.